The summed E-state index contributed by atoms with van der Waals surface area (Å²) in [7, 11) is -13.1. The Kier molecular flexibility index (Phi) is 16.7. The average Bonchev–Trinajstić information content (AvgIpc) is 2.68. The number of rotatable bonds is 3. The fourth-order valence-corrected chi connectivity index (χ4v) is 3.25. The zero-order chi connectivity index (χ0) is 25.4. The summed E-state index contributed by atoms with van der Waals surface area (Å²) in [5, 5.41) is 26.2. The molecule has 0 heterocycles. The van der Waals surface area contributed by atoms with Crippen LogP contribution in [0.25, 0.3) is 0 Å². The topological polar surface area (TPSA) is 232 Å². The van der Waals surface area contributed by atoms with E-state index in [1.165, 1.54) is 0 Å². The monoisotopic (exact) mass is 598 g/mol. The van der Waals surface area contributed by atoms with Crippen molar-refractivity contribution in [3.05, 3.63) is 72.8 Å². The van der Waals surface area contributed by atoms with Crippen molar-refractivity contribution in [2.75, 3.05) is 0 Å². The molecule has 3 aromatic carbocycles. The number of phenols is 3. The second kappa shape index (κ2) is 15.8. The zero-order valence-electron chi connectivity index (χ0n) is 17.9. The maximum absolute atomic E-state index is 10.3. The smallest absolute Gasteiger partial charge is 0.744 e. The molecule has 35 heavy (non-hydrogen) atoms. The van der Waals surface area contributed by atoms with Crippen LogP contribution >= 0.6 is 0 Å². The van der Waals surface area contributed by atoms with E-state index in [1.807, 2.05) is 0 Å². The van der Waals surface area contributed by atoms with Crippen LogP contribution in [0.2, 0.25) is 0 Å². The summed E-state index contributed by atoms with van der Waals surface area (Å²) >= 11 is 0. The normalized spacial score (nSPS) is 10.7. The summed E-state index contributed by atoms with van der Waals surface area (Å²) in [5.74, 6) is -0.216. The van der Waals surface area contributed by atoms with Gasteiger partial charge in [-0.2, -0.15) is 0 Å². The number of phenolic OH excluding ortho intramolecular Hbond substituents is 3. The minimum Gasteiger partial charge on any atom is -0.744 e. The average molecular weight is 599 g/mol. The quantitative estimate of drug-likeness (QED) is 0.210. The van der Waals surface area contributed by atoms with Gasteiger partial charge in [-0.3, -0.25) is 0 Å². The minimum atomic E-state index is -4.38. The van der Waals surface area contributed by atoms with Crippen LogP contribution in [0.15, 0.2) is 87.5 Å². The van der Waals surface area contributed by atoms with Crippen molar-refractivity contribution in [3.63, 3.8) is 0 Å². The van der Waals surface area contributed by atoms with Crippen molar-refractivity contribution < 1.29 is 106 Å². The first-order valence-electron chi connectivity index (χ1n) is 8.25. The molecule has 0 bridgehead atoms. The Labute approximate surface area is 274 Å². The first-order valence-corrected chi connectivity index (χ1v) is 12.5. The molecule has 17 heteroatoms. The van der Waals surface area contributed by atoms with E-state index < -0.39 is 30.4 Å². The maximum atomic E-state index is 10.3. The molecule has 180 valence electrons. The Hall–Kier alpha value is -0.314. The van der Waals surface area contributed by atoms with E-state index >= 15 is 0 Å². The Morgan fingerprint density at radius 3 is 0.686 bits per heavy atom. The molecule has 3 N–H and O–H groups in total. The predicted octanol–water partition coefficient (Wildman–Crippen LogP) is -2.49. The molecule has 12 nitrogen and oxygen atoms in total. The van der Waals surface area contributed by atoms with E-state index in [9.17, 15) is 38.9 Å². The van der Waals surface area contributed by atoms with Crippen LogP contribution in [0.5, 0.6) is 17.2 Å². The van der Waals surface area contributed by atoms with Crippen LogP contribution in [0.4, 0.5) is 0 Å². The van der Waals surface area contributed by atoms with Gasteiger partial charge in [0.2, 0.25) is 0 Å². The maximum Gasteiger partial charge on any atom is 2.00 e. The largest absolute Gasteiger partial charge is 2.00 e. The molecule has 0 radical (unpaired) electrons. The van der Waals surface area contributed by atoms with Crippen molar-refractivity contribution in [1.29, 1.82) is 0 Å². The Morgan fingerprint density at radius 2 is 0.571 bits per heavy atom. The summed E-state index contributed by atoms with van der Waals surface area (Å²) in [6.07, 6.45) is 0. The molecule has 0 aromatic heterocycles. The standard InChI is InChI=1S/3C6H6O4S.Ca.K/c3*7-5-1-3-6(4-2-5)11(8,9)10;;/h3*1-4,7H,(H,8,9,10);;/q;;;+2;+1/p-3. The van der Waals surface area contributed by atoms with Gasteiger partial charge in [0, 0.05) is 0 Å². The SMILES string of the molecule is O=S(=O)([O-])c1ccc(O)cc1.O=S(=O)([O-])c1ccc(O)cc1.O=S(=O)([O-])c1ccc(O)cc1.[Ca+2].[K+]. The van der Waals surface area contributed by atoms with Gasteiger partial charge in [0.05, 0.1) is 14.7 Å². The summed E-state index contributed by atoms with van der Waals surface area (Å²) < 4.78 is 92.8. The molecule has 0 fully saturated rings. The van der Waals surface area contributed by atoms with E-state index in [-0.39, 0.29) is 121 Å². The van der Waals surface area contributed by atoms with Gasteiger partial charge < -0.3 is 29.0 Å². The van der Waals surface area contributed by atoms with Gasteiger partial charge in [-0.15, -0.1) is 0 Å². The van der Waals surface area contributed by atoms with Gasteiger partial charge in [-0.1, -0.05) is 0 Å². The molecule has 0 saturated heterocycles. The van der Waals surface area contributed by atoms with E-state index in [1.54, 1.807) is 0 Å². The van der Waals surface area contributed by atoms with Crippen molar-refractivity contribution >= 4 is 68.1 Å². The number of benzene rings is 3. The first-order chi connectivity index (χ1) is 15.0. The second-order valence-corrected chi connectivity index (χ2v) is 9.98. The minimum absolute atomic E-state index is 0. The Balaban J connectivity index is 0. The van der Waals surface area contributed by atoms with Gasteiger partial charge in [0.25, 0.3) is 0 Å². The third kappa shape index (κ3) is 14.9. The summed E-state index contributed by atoms with van der Waals surface area (Å²) in [4.78, 5) is -1.01. The van der Waals surface area contributed by atoms with Gasteiger partial charge in [0.1, 0.15) is 47.6 Å². The van der Waals surface area contributed by atoms with E-state index in [0.29, 0.717) is 0 Å². The molecular formula is C18H15CaKO12S3. The van der Waals surface area contributed by atoms with Crippen LogP contribution in [0, 0.1) is 0 Å². The fourth-order valence-electron chi connectivity index (χ4n) is 1.84. The molecule has 0 aliphatic rings. The van der Waals surface area contributed by atoms with Gasteiger partial charge >= 0.3 is 89.1 Å². The van der Waals surface area contributed by atoms with Gasteiger partial charge in [-0.05, 0) is 72.8 Å². The molecule has 3 rings (SSSR count). The van der Waals surface area contributed by atoms with Crippen LogP contribution in [-0.2, 0) is 30.4 Å². The Morgan fingerprint density at radius 1 is 0.429 bits per heavy atom. The number of hydrogen-bond donors (Lipinski definition) is 3. The Bertz CT molecular complexity index is 1200. The summed E-state index contributed by atoms with van der Waals surface area (Å²) in [5.41, 5.74) is 0. The van der Waals surface area contributed by atoms with Crippen LogP contribution in [0.3, 0.4) is 0 Å². The van der Waals surface area contributed by atoms with Gasteiger partial charge in [-0.25, -0.2) is 25.3 Å². The van der Waals surface area contributed by atoms with E-state index in [0.717, 1.165) is 72.8 Å². The van der Waals surface area contributed by atoms with Crippen LogP contribution in [0.1, 0.15) is 0 Å². The van der Waals surface area contributed by atoms with Crippen LogP contribution < -0.4 is 51.4 Å². The fraction of sp³-hybridized carbons (Fsp3) is 0. The molecule has 0 atom stereocenters. The van der Waals surface area contributed by atoms with E-state index in [4.69, 9.17) is 15.3 Å². The number of aromatic hydroxyl groups is 3. The van der Waals surface area contributed by atoms with Crippen LogP contribution in [-0.4, -0.2) is 92.0 Å². The second-order valence-electron chi connectivity index (χ2n) is 5.84. The van der Waals surface area contributed by atoms with Crippen molar-refractivity contribution in [2.45, 2.75) is 14.7 Å². The van der Waals surface area contributed by atoms with Crippen molar-refractivity contribution in [3.8, 4) is 17.2 Å². The summed E-state index contributed by atoms with van der Waals surface area (Å²) in [6.45, 7) is 0. The third-order valence-electron chi connectivity index (χ3n) is 3.38. The molecule has 0 amide bonds. The van der Waals surface area contributed by atoms with Gasteiger partial charge in [0.15, 0.2) is 0 Å². The molecule has 0 spiro atoms. The molecule has 0 aliphatic heterocycles. The zero-order valence-corrected chi connectivity index (χ0v) is 25.7. The summed E-state index contributed by atoms with van der Waals surface area (Å²) in [6, 6.07) is 13.2. The first kappa shape index (κ1) is 36.8. The third-order valence-corrected chi connectivity index (χ3v) is 5.92. The molecule has 0 unspecified atom stereocenters. The van der Waals surface area contributed by atoms with Crippen molar-refractivity contribution in [1.82, 2.24) is 0 Å². The van der Waals surface area contributed by atoms with E-state index in [2.05, 4.69) is 0 Å². The predicted molar refractivity (Wildman–Crippen MR) is 114 cm³/mol. The molecule has 0 aliphatic carbocycles. The molecular weight excluding hydrogens is 584 g/mol. The molecule has 3 aromatic rings. The van der Waals surface area contributed by atoms with Crippen molar-refractivity contribution in [2.24, 2.45) is 0 Å². The number of hydrogen-bond acceptors (Lipinski definition) is 12. The molecule has 0 saturated carbocycles.